The molecule has 0 unspecified atom stereocenters. The highest BCUT2D eigenvalue weighted by molar-refractivity contribution is 7.99. The Morgan fingerprint density at radius 1 is 1.30 bits per heavy atom. The third-order valence-electron chi connectivity index (χ3n) is 2.63. The van der Waals surface area contributed by atoms with Crippen LogP contribution in [-0.2, 0) is 0 Å². The number of fused-ring (bicyclic) bond motifs is 1. The number of nitrogens with one attached hydrogen (secondary N) is 1. The summed E-state index contributed by atoms with van der Waals surface area (Å²) in [6.07, 6.45) is 4.28. The molecule has 0 fully saturated rings. The standard InChI is InChI=1S/C12H9N5O2S/c1-6-2-8(7(3-13-6)12(18)19)20-11-9-10(15-4-14-9)16-5-17-11/h2-5H,1H3,(H,18,19)(H,14,15,16,17). The zero-order chi connectivity index (χ0) is 14.1. The molecule has 8 heteroatoms. The monoisotopic (exact) mass is 287 g/mol. The van der Waals surface area contributed by atoms with E-state index < -0.39 is 5.97 Å². The lowest BCUT2D eigenvalue weighted by Crippen LogP contribution is -2.01. The maximum absolute atomic E-state index is 11.2. The minimum absolute atomic E-state index is 0.145. The van der Waals surface area contributed by atoms with Gasteiger partial charge in [0, 0.05) is 16.8 Å². The van der Waals surface area contributed by atoms with Crippen molar-refractivity contribution in [2.24, 2.45) is 0 Å². The number of aromatic amines is 1. The van der Waals surface area contributed by atoms with Gasteiger partial charge in [0.05, 0.1) is 11.9 Å². The number of aromatic carboxylic acids is 1. The number of aromatic nitrogens is 5. The Hall–Kier alpha value is -2.48. The minimum Gasteiger partial charge on any atom is -0.478 e. The second-order valence-electron chi connectivity index (χ2n) is 4.01. The Kier molecular flexibility index (Phi) is 3.07. The molecule has 0 atom stereocenters. The van der Waals surface area contributed by atoms with Crippen LogP contribution in [0, 0.1) is 6.92 Å². The normalized spacial score (nSPS) is 10.8. The molecule has 0 amide bonds. The van der Waals surface area contributed by atoms with Gasteiger partial charge < -0.3 is 10.1 Å². The molecule has 0 aliphatic carbocycles. The molecule has 0 bridgehead atoms. The lowest BCUT2D eigenvalue weighted by Gasteiger charge is -2.06. The third-order valence-corrected chi connectivity index (χ3v) is 3.69. The molecule has 3 aromatic heterocycles. The van der Waals surface area contributed by atoms with Crippen molar-refractivity contribution in [3.8, 4) is 0 Å². The van der Waals surface area contributed by atoms with Crippen molar-refractivity contribution in [2.75, 3.05) is 0 Å². The fourth-order valence-corrected chi connectivity index (χ4v) is 2.74. The Labute approximate surface area is 117 Å². The van der Waals surface area contributed by atoms with E-state index >= 15 is 0 Å². The molecule has 3 heterocycles. The van der Waals surface area contributed by atoms with Crippen molar-refractivity contribution < 1.29 is 9.90 Å². The Morgan fingerprint density at radius 3 is 2.95 bits per heavy atom. The summed E-state index contributed by atoms with van der Waals surface area (Å²) in [6.45, 7) is 1.81. The van der Waals surface area contributed by atoms with Crippen LogP contribution in [0.4, 0.5) is 0 Å². The zero-order valence-corrected chi connectivity index (χ0v) is 11.2. The molecule has 100 valence electrons. The van der Waals surface area contributed by atoms with Gasteiger partial charge in [-0.2, -0.15) is 0 Å². The van der Waals surface area contributed by atoms with Gasteiger partial charge in [-0.05, 0) is 13.0 Å². The van der Waals surface area contributed by atoms with Crippen molar-refractivity contribution in [2.45, 2.75) is 16.8 Å². The van der Waals surface area contributed by atoms with Crippen LogP contribution in [0.15, 0.2) is 34.8 Å². The lowest BCUT2D eigenvalue weighted by atomic mass is 10.2. The fourth-order valence-electron chi connectivity index (χ4n) is 1.70. The summed E-state index contributed by atoms with van der Waals surface area (Å²) in [4.78, 5) is 31.0. The van der Waals surface area contributed by atoms with Gasteiger partial charge in [0.15, 0.2) is 5.65 Å². The van der Waals surface area contributed by atoms with Crippen molar-refractivity contribution in [3.63, 3.8) is 0 Å². The van der Waals surface area contributed by atoms with E-state index in [0.717, 1.165) is 5.69 Å². The second kappa shape index (κ2) is 4.89. The van der Waals surface area contributed by atoms with Crippen LogP contribution in [-0.4, -0.2) is 36.0 Å². The molecule has 0 spiro atoms. The molecule has 2 N–H and O–H groups in total. The zero-order valence-electron chi connectivity index (χ0n) is 10.4. The summed E-state index contributed by atoms with van der Waals surface area (Å²) in [5, 5.41) is 9.83. The van der Waals surface area contributed by atoms with Crippen molar-refractivity contribution in [1.29, 1.82) is 0 Å². The first-order valence-corrected chi connectivity index (χ1v) is 6.48. The molecule has 0 saturated carbocycles. The summed E-state index contributed by atoms with van der Waals surface area (Å²) in [7, 11) is 0. The second-order valence-corrected chi connectivity index (χ2v) is 5.04. The molecule has 0 aromatic carbocycles. The number of rotatable bonds is 3. The number of nitrogens with zero attached hydrogens (tertiary/aromatic N) is 4. The molecule has 0 aliphatic heterocycles. The summed E-state index contributed by atoms with van der Waals surface area (Å²) < 4.78 is 0. The first-order chi connectivity index (χ1) is 9.65. The van der Waals surface area contributed by atoms with Gasteiger partial charge in [-0.1, -0.05) is 11.8 Å². The Balaban J connectivity index is 2.09. The van der Waals surface area contributed by atoms with Crippen LogP contribution in [0.3, 0.4) is 0 Å². The summed E-state index contributed by atoms with van der Waals surface area (Å²) >= 11 is 1.25. The van der Waals surface area contributed by atoms with Crippen LogP contribution < -0.4 is 0 Å². The molecule has 7 nitrogen and oxygen atoms in total. The van der Waals surface area contributed by atoms with Crippen LogP contribution >= 0.6 is 11.8 Å². The number of carboxylic acid groups (broad SMARTS) is 1. The van der Waals surface area contributed by atoms with E-state index in [4.69, 9.17) is 0 Å². The van der Waals surface area contributed by atoms with Crippen LogP contribution in [0.25, 0.3) is 11.2 Å². The number of carboxylic acids is 1. The summed E-state index contributed by atoms with van der Waals surface area (Å²) in [6, 6.07) is 1.72. The van der Waals surface area contributed by atoms with E-state index in [9.17, 15) is 9.90 Å². The van der Waals surface area contributed by atoms with Gasteiger partial charge in [-0.15, -0.1) is 0 Å². The van der Waals surface area contributed by atoms with Gasteiger partial charge in [-0.25, -0.2) is 19.7 Å². The van der Waals surface area contributed by atoms with Gasteiger partial charge >= 0.3 is 5.97 Å². The smallest absolute Gasteiger partial charge is 0.338 e. The first kappa shape index (κ1) is 12.5. The summed E-state index contributed by atoms with van der Waals surface area (Å²) in [5.74, 6) is -1.02. The molecular formula is C12H9N5O2S. The van der Waals surface area contributed by atoms with Crippen LogP contribution in [0.1, 0.15) is 16.1 Å². The molecule has 20 heavy (non-hydrogen) atoms. The predicted molar refractivity (Wildman–Crippen MR) is 71.7 cm³/mol. The Morgan fingerprint density at radius 2 is 2.15 bits per heavy atom. The van der Waals surface area contributed by atoms with Gasteiger partial charge in [0.2, 0.25) is 0 Å². The quantitative estimate of drug-likeness (QED) is 0.709. The molecule has 0 saturated heterocycles. The highest BCUT2D eigenvalue weighted by Crippen LogP contribution is 2.32. The van der Waals surface area contributed by atoms with Crippen LogP contribution in [0.5, 0.6) is 0 Å². The predicted octanol–water partition coefficient (Wildman–Crippen LogP) is 1.91. The van der Waals surface area contributed by atoms with Gasteiger partial charge in [-0.3, -0.25) is 4.98 Å². The molecule has 0 aliphatic rings. The third kappa shape index (κ3) is 2.21. The number of pyridine rings is 1. The molecular weight excluding hydrogens is 278 g/mol. The Bertz CT molecular complexity index is 801. The van der Waals surface area contributed by atoms with E-state index in [1.165, 1.54) is 30.6 Å². The average Bonchev–Trinajstić information content (AvgIpc) is 2.88. The number of aryl methyl sites for hydroxylation is 1. The minimum atomic E-state index is -1.02. The van der Waals surface area contributed by atoms with E-state index in [-0.39, 0.29) is 5.56 Å². The average molecular weight is 287 g/mol. The van der Waals surface area contributed by atoms with Crippen LogP contribution in [0.2, 0.25) is 0 Å². The van der Waals surface area contributed by atoms with Crippen molar-refractivity contribution in [3.05, 3.63) is 36.2 Å². The SMILES string of the molecule is Cc1cc(Sc2ncnc3nc[nH]c23)c(C(=O)O)cn1. The number of hydrogen-bond acceptors (Lipinski definition) is 6. The first-order valence-electron chi connectivity index (χ1n) is 5.67. The maximum atomic E-state index is 11.2. The van der Waals surface area contributed by atoms with Crippen molar-refractivity contribution in [1.82, 2.24) is 24.9 Å². The van der Waals surface area contributed by atoms with E-state index in [2.05, 4.69) is 24.9 Å². The van der Waals surface area contributed by atoms with E-state index in [1.807, 2.05) is 0 Å². The highest BCUT2D eigenvalue weighted by Gasteiger charge is 2.15. The number of H-pyrrole nitrogens is 1. The number of hydrogen-bond donors (Lipinski definition) is 2. The lowest BCUT2D eigenvalue weighted by molar-refractivity contribution is 0.0692. The van der Waals surface area contributed by atoms with E-state index in [1.54, 1.807) is 13.0 Å². The van der Waals surface area contributed by atoms with E-state index in [0.29, 0.717) is 21.1 Å². The van der Waals surface area contributed by atoms with Gasteiger partial charge in [0.25, 0.3) is 0 Å². The largest absolute Gasteiger partial charge is 0.478 e. The molecule has 3 rings (SSSR count). The van der Waals surface area contributed by atoms with Gasteiger partial charge in [0.1, 0.15) is 16.9 Å². The molecule has 0 radical (unpaired) electrons. The highest BCUT2D eigenvalue weighted by atomic mass is 32.2. The maximum Gasteiger partial charge on any atom is 0.338 e. The molecule has 3 aromatic rings. The van der Waals surface area contributed by atoms with Crippen molar-refractivity contribution >= 4 is 28.9 Å². The topological polar surface area (TPSA) is 105 Å². The number of imidazole rings is 1. The summed E-state index contributed by atoms with van der Waals surface area (Å²) in [5.41, 5.74) is 2.12. The number of carbonyl (C=O) groups is 1. The fraction of sp³-hybridized carbons (Fsp3) is 0.0833.